The van der Waals surface area contributed by atoms with Crippen molar-refractivity contribution in [2.75, 3.05) is 26.2 Å². The highest BCUT2D eigenvalue weighted by atomic mass is 16.6. The van der Waals surface area contributed by atoms with E-state index in [0.29, 0.717) is 19.6 Å². The average Bonchev–Trinajstić information content (AvgIpc) is 3.55. The van der Waals surface area contributed by atoms with Gasteiger partial charge in [-0.05, 0) is 30.5 Å². The summed E-state index contributed by atoms with van der Waals surface area (Å²) in [4.78, 5) is 67.1. The molecule has 5 aliphatic heterocycles. The molecule has 6 rings (SSSR count). The monoisotopic (exact) mass is 467 g/mol. The maximum atomic E-state index is 13.1. The number of rotatable bonds is 4. The smallest absolute Gasteiger partial charge is 0.410 e. The van der Waals surface area contributed by atoms with Crippen LogP contribution in [0.3, 0.4) is 0 Å². The third kappa shape index (κ3) is 3.30. The van der Waals surface area contributed by atoms with Crippen molar-refractivity contribution in [3.8, 4) is 0 Å². The van der Waals surface area contributed by atoms with Gasteiger partial charge in [-0.15, -0.1) is 0 Å². The quantitative estimate of drug-likeness (QED) is 0.565. The largest absolute Gasteiger partial charge is 0.442 e. The molecule has 0 saturated carbocycles. The van der Waals surface area contributed by atoms with E-state index in [1.165, 1.54) is 0 Å². The number of carbonyl (C=O) groups is 5. The Morgan fingerprint density at radius 3 is 2.65 bits per heavy atom. The molecule has 34 heavy (non-hydrogen) atoms. The van der Waals surface area contributed by atoms with Crippen molar-refractivity contribution in [1.82, 2.24) is 25.3 Å². The molecule has 2 unspecified atom stereocenters. The Balaban J connectivity index is 1.14. The van der Waals surface area contributed by atoms with E-state index in [2.05, 4.69) is 15.5 Å². The van der Waals surface area contributed by atoms with Gasteiger partial charge in [-0.2, -0.15) is 0 Å². The predicted octanol–water partition coefficient (Wildman–Crippen LogP) is -0.545. The first-order chi connectivity index (χ1) is 16.4. The van der Waals surface area contributed by atoms with Crippen LogP contribution in [0.15, 0.2) is 18.2 Å². The second kappa shape index (κ2) is 7.88. The first kappa shape index (κ1) is 21.2. The summed E-state index contributed by atoms with van der Waals surface area (Å²) >= 11 is 0. The second-order valence-corrected chi connectivity index (χ2v) is 9.56. The number of hydrogen-bond donors (Lipinski definition) is 2. The van der Waals surface area contributed by atoms with Crippen LogP contribution in [0, 0.1) is 0 Å². The third-order valence-electron chi connectivity index (χ3n) is 7.50. The summed E-state index contributed by atoms with van der Waals surface area (Å²) in [7, 11) is 0. The lowest BCUT2D eigenvalue weighted by Crippen LogP contribution is -2.54. The molecule has 5 amide bonds. The molecule has 11 nitrogen and oxygen atoms in total. The molecule has 0 aliphatic carbocycles. The molecule has 178 valence electrons. The maximum Gasteiger partial charge on any atom is 0.410 e. The minimum atomic E-state index is -0.970. The Morgan fingerprint density at radius 1 is 1.00 bits per heavy atom. The molecule has 0 aromatic heterocycles. The van der Waals surface area contributed by atoms with Crippen molar-refractivity contribution < 1.29 is 28.7 Å². The normalized spacial score (nSPS) is 31.2. The van der Waals surface area contributed by atoms with Gasteiger partial charge in [0.1, 0.15) is 12.1 Å². The van der Waals surface area contributed by atoms with Crippen molar-refractivity contribution in [3.05, 3.63) is 34.9 Å². The minimum Gasteiger partial charge on any atom is -0.442 e. The Morgan fingerprint density at radius 2 is 1.82 bits per heavy atom. The van der Waals surface area contributed by atoms with E-state index < -0.39 is 29.7 Å². The summed E-state index contributed by atoms with van der Waals surface area (Å²) in [6.07, 6.45) is 0.763. The first-order valence-corrected chi connectivity index (χ1v) is 11.7. The second-order valence-electron chi connectivity index (χ2n) is 9.56. The van der Waals surface area contributed by atoms with Gasteiger partial charge in [-0.1, -0.05) is 6.07 Å². The Kier molecular flexibility index (Phi) is 4.92. The van der Waals surface area contributed by atoms with Crippen molar-refractivity contribution in [2.45, 2.75) is 50.0 Å². The molecule has 11 heteroatoms. The van der Waals surface area contributed by atoms with E-state index >= 15 is 0 Å². The van der Waals surface area contributed by atoms with Gasteiger partial charge >= 0.3 is 6.09 Å². The maximum absolute atomic E-state index is 13.1. The van der Waals surface area contributed by atoms with E-state index in [1.807, 2.05) is 11.0 Å². The number of amides is 5. The number of ether oxygens (including phenoxy) is 1. The lowest BCUT2D eigenvalue weighted by molar-refractivity contribution is -0.136. The Hall–Kier alpha value is -3.31. The van der Waals surface area contributed by atoms with Gasteiger partial charge in [0.25, 0.3) is 11.8 Å². The van der Waals surface area contributed by atoms with Crippen LogP contribution in [0.2, 0.25) is 0 Å². The third-order valence-corrected chi connectivity index (χ3v) is 7.50. The van der Waals surface area contributed by atoms with E-state index in [-0.39, 0.29) is 48.2 Å². The van der Waals surface area contributed by atoms with Crippen LogP contribution in [0.25, 0.3) is 0 Å². The first-order valence-electron chi connectivity index (χ1n) is 11.7. The fraction of sp³-hybridized carbons (Fsp3) is 0.522. The molecule has 0 radical (unpaired) electrons. The summed E-state index contributed by atoms with van der Waals surface area (Å²) in [5.74, 6) is -2.02. The molecule has 0 bridgehead atoms. The van der Waals surface area contributed by atoms with E-state index in [1.54, 1.807) is 12.1 Å². The molecule has 4 saturated heterocycles. The van der Waals surface area contributed by atoms with Crippen LogP contribution in [0.1, 0.15) is 45.5 Å². The van der Waals surface area contributed by atoms with Gasteiger partial charge in [-0.25, -0.2) is 4.79 Å². The summed E-state index contributed by atoms with van der Waals surface area (Å²) in [5.41, 5.74) is 1.44. The number of carbonyl (C=O) groups excluding carboxylic acids is 5. The van der Waals surface area contributed by atoms with Crippen molar-refractivity contribution in [1.29, 1.82) is 0 Å². The lowest BCUT2D eigenvalue weighted by atomic mass is 10.0. The molecule has 0 spiro atoms. The molecule has 2 N–H and O–H groups in total. The van der Waals surface area contributed by atoms with Gasteiger partial charge in [0.15, 0.2) is 0 Å². The minimum absolute atomic E-state index is 0.0749. The number of benzene rings is 1. The zero-order chi connectivity index (χ0) is 23.6. The Labute approximate surface area is 195 Å². The summed E-state index contributed by atoms with van der Waals surface area (Å²) in [5, 5.41) is 5.48. The van der Waals surface area contributed by atoms with Crippen LogP contribution < -0.4 is 10.6 Å². The Bertz CT molecular complexity index is 1120. The lowest BCUT2D eigenvalue weighted by Gasteiger charge is -2.27. The van der Waals surface area contributed by atoms with Gasteiger partial charge < -0.3 is 10.1 Å². The van der Waals surface area contributed by atoms with E-state index in [0.717, 1.165) is 30.0 Å². The molecular weight excluding hydrogens is 442 g/mol. The molecule has 4 fully saturated rings. The van der Waals surface area contributed by atoms with Crippen molar-refractivity contribution in [3.63, 3.8) is 0 Å². The van der Waals surface area contributed by atoms with Gasteiger partial charge in [0.05, 0.1) is 17.2 Å². The van der Waals surface area contributed by atoms with E-state index in [9.17, 15) is 24.0 Å². The average molecular weight is 467 g/mol. The van der Waals surface area contributed by atoms with Crippen molar-refractivity contribution in [2.24, 2.45) is 0 Å². The zero-order valence-corrected chi connectivity index (χ0v) is 18.5. The number of imide groups is 2. The standard InChI is InChI=1S/C23H25N5O6/c29-19-4-3-16(20(30)25-19)28-21(31)14-2-1-12(7-15(14)22(28)32)10-26-6-5-13(11-26)27-17-8-24-9-18(17)34-23(27)33/h1-2,7,13,16-18,24H,3-6,8-11H2,(H,25,29,30)/t13?,16?,17-,18+/m0/s1. The highest BCUT2D eigenvalue weighted by Crippen LogP contribution is 2.31. The molecule has 1 aromatic carbocycles. The summed E-state index contributed by atoms with van der Waals surface area (Å²) < 4.78 is 5.49. The van der Waals surface area contributed by atoms with Gasteiger partial charge in [0, 0.05) is 45.2 Å². The number of nitrogens with one attached hydrogen (secondary N) is 2. The highest BCUT2D eigenvalue weighted by molar-refractivity contribution is 6.23. The fourth-order valence-electron chi connectivity index (χ4n) is 5.84. The van der Waals surface area contributed by atoms with Crippen LogP contribution in [-0.2, 0) is 20.9 Å². The number of hydrogen-bond acceptors (Lipinski definition) is 8. The topological polar surface area (TPSA) is 128 Å². The predicted molar refractivity (Wildman–Crippen MR) is 116 cm³/mol. The fourth-order valence-corrected chi connectivity index (χ4v) is 5.84. The van der Waals surface area contributed by atoms with E-state index in [4.69, 9.17) is 4.74 Å². The van der Waals surface area contributed by atoms with Crippen LogP contribution in [-0.4, -0.2) is 94.8 Å². The highest BCUT2D eigenvalue weighted by Gasteiger charge is 2.49. The van der Waals surface area contributed by atoms with Gasteiger partial charge in [-0.3, -0.25) is 39.2 Å². The zero-order valence-electron chi connectivity index (χ0n) is 18.5. The van der Waals surface area contributed by atoms with Gasteiger partial charge in [0.2, 0.25) is 11.8 Å². The molecular formula is C23H25N5O6. The van der Waals surface area contributed by atoms with Crippen LogP contribution in [0.4, 0.5) is 4.79 Å². The number of likely N-dealkylation sites (tertiary alicyclic amines) is 1. The number of nitrogens with zero attached hydrogens (tertiary/aromatic N) is 3. The summed E-state index contributed by atoms with van der Waals surface area (Å²) in [6.45, 7) is 3.55. The molecule has 5 aliphatic rings. The molecule has 4 atom stereocenters. The molecule has 5 heterocycles. The van der Waals surface area contributed by atoms with Crippen LogP contribution in [0.5, 0.6) is 0 Å². The molecule has 1 aromatic rings. The SMILES string of the molecule is O=C1CCC(N2C(=O)c3ccc(CN4CCC(N5C(=O)O[C@@H]6CNC[C@@H]65)C4)cc3C2=O)C(=O)N1. The van der Waals surface area contributed by atoms with Crippen molar-refractivity contribution >= 4 is 29.7 Å². The number of fused-ring (bicyclic) bond motifs is 2. The van der Waals surface area contributed by atoms with Crippen LogP contribution >= 0.6 is 0 Å². The summed E-state index contributed by atoms with van der Waals surface area (Å²) in [6, 6.07) is 4.38. The number of piperidine rings is 1.